The van der Waals surface area contributed by atoms with Gasteiger partial charge in [0.25, 0.3) is 0 Å². The summed E-state index contributed by atoms with van der Waals surface area (Å²) in [4.78, 5) is 5.63. The molecule has 1 aliphatic heterocycles. The van der Waals surface area contributed by atoms with Crippen molar-refractivity contribution in [2.75, 3.05) is 7.11 Å². The highest BCUT2D eigenvalue weighted by Crippen LogP contribution is 2.42. The monoisotopic (exact) mass is 412 g/mol. The van der Waals surface area contributed by atoms with Crippen LogP contribution in [0.2, 0.25) is 0 Å². The molecule has 2 heterocycles. The maximum Gasteiger partial charge on any atom is 0.144 e. The van der Waals surface area contributed by atoms with Crippen LogP contribution >= 0.6 is 0 Å². The van der Waals surface area contributed by atoms with Crippen LogP contribution in [0.3, 0.4) is 0 Å². The van der Waals surface area contributed by atoms with E-state index in [0.29, 0.717) is 10.6 Å². The molecule has 0 radical (unpaired) electrons. The number of benzene rings is 3. The molecule has 1 atom stereocenters. The Balaban J connectivity index is 1.73. The van der Waals surface area contributed by atoms with E-state index in [9.17, 15) is 4.55 Å². The normalized spacial score (nSPS) is 17.8. The molecule has 4 aromatic rings. The molecule has 4 nitrogen and oxygen atoms in total. The number of methoxy groups -OCH3 is 1. The van der Waals surface area contributed by atoms with E-state index in [0.717, 1.165) is 39.0 Å². The average molecular weight is 413 g/mol. The predicted molar refractivity (Wildman–Crippen MR) is 122 cm³/mol. The molecule has 0 aliphatic carbocycles. The number of hydrogen-bond acceptors (Lipinski definition) is 4. The summed E-state index contributed by atoms with van der Waals surface area (Å²) in [6.45, 7) is 1.98. The van der Waals surface area contributed by atoms with Crippen LogP contribution in [0.15, 0.2) is 93.5 Å². The minimum Gasteiger partial charge on any atom is -0.622 e. The summed E-state index contributed by atoms with van der Waals surface area (Å²) in [6.07, 6.45) is 0. The van der Waals surface area contributed by atoms with E-state index < -0.39 is 10.1 Å². The minimum absolute atomic E-state index is 0.691. The summed E-state index contributed by atoms with van der Waals surface area (Å²) in [5, 5.41) is 2.75. The lowest BCUT2D eigenvalue weighted by Crippen LogP contribution is -2.10. The van der Waals surface area contributed by atoms with Crippen LogP contribution in [0.4, 0.5) is 5.69 Å². The smallest absolute Gasteiger partial charge is 0.144 e. The van der Waals surface area contributed by atoms with Crippen molar-refractivity contribution >= 4 is 32.3 Å². The zero-order valence-corrected chi connectivity index (χ0v) is 17.5. The van der Waals surface area contributed by atoms with E-state index in [-0.39, 0.29) is 0 Å². The number of ether oxygens (including phenoxy) is 1. The summed E-state index contributed by atoms with van der Waals surface area (Å²) in [5.74, 6) is 0.801. The van der Waals surface area contributed by atoms with Crippen molar-refractivity contribution in [1.82, 2.24) is 4.98 Å². The van der Waals surface area contributed by atoms with Crippen molar-refractivity contribution in [3.05, 3.63) is 89.8 Å². The van der Waals surface area contributed by atoms with Crippen LogP contribution in [0.25, 0.3) is 27.7 Å². The quantitative estimate of drug-likeness (QED) is 0.364. The van der Waals surface area contributed by atoms with Gasteiger partial charge in [-0.2, -0.15) is 0 Å². The van der Waals surface area contributed by atoms with Gasteiger partial charge < -0.3 is 9.29 Å². The van der Waals surface area contributed by atoms with Crippen molar-refractivity contribution in [3.8, 4) is 17.0 Å². The van der Waals surface area contributed by atoms with Gasteiger partial charge in [0.15, 0.2) is 0 Å². The first-order valence-corrected chi connectivity index (χ1v) is 11.2. The first-order chi connectivity index (χ1) is 14.6. The number of rotatable bonds is 3. The summed E-state index contributed by atoms with van der Waals surface area (Å²) in [6, 6.07) is 25.3. The topological polar surface area (TPSA) is 57.5 Å². The molecule has 0 amide bonds. The third-order valence-electron chi connectivity index (χ3n) is 5.29. The van der Waals surface area contributed by atoms with Gasteiger partial charge in [0.2, 0.25) is 0 Å². The summed E-state index contributed by atoms with van der Waals surface area (Å²) in [7, 11) is -1.05. The fourth-order valence-electron chi connectivity index (χ4n) is 3.71. The number of allylic oxidation sites excluding steroid dienone is 1. The van der Waals surface area contributed by atoms with Gasteiger partial charge in [-0.15, -0.1) is 0 Å². The van der Waals surface area contributed by atoms with Gasteiger partial charge in [-0.1, -0.05) is 40.8 Å². The Labute approximate surface area is 176 Å². The molecular weight excluding hydrogens is 392 g/mol. The fraction of sp³-hybridized carbons (Fsp3) is 0.0800. The van der Waals surface area contributed by atoms with Gasteiger partial charge in [-0.25, -0.2) is 4.98 Å². The molecule has 0 spiro atoms. The van der Waals surface area contributed by atoms with E-state index in [1.165, 1.54) is 0 Å². The summed E-state index contributed by atoms with van der Waals surface area (Å²) in [5.41, 5.74) is 5.20. The van der Waals surface area contributed by atoms with E-state index >= 15 is 0 Å². The average Bonchev–Trinajstić information content (AvgIpc) is 2.79. The maximum absolute atomic E-state index is 13.8. The number of hydrogen-bond donors (Lipinski definition) is 0. The molecule has 5 rings (SSSR count). The van der Waals surface area contributed by atoms with Crippen LogP contribution in [0.5, 0.6) is 5.75 Å². The van der Waals surface area contributed by atoms with E-state index in [1.54, 1.807) is 12.5 Å². The Morgan fingerprint density at radius 3 is 2.33 bits per heavy atom. The highest BCUT2D eigenvalue weighted by atomic mass is 32.3. The van der Waals surface area contributed by atoms with Gasteiger partial charge >= 0.3 is 0 Å². The predicted octanol–water partition coefficient (Wildman–Crippen LogP) is 6.44. The van der Waals surface area contributed by atoms with Crippen molar-refractivity contribution in [2.24, 2.45) is 4.36 Å². The molecule has 0 saturated carbocycles. The second-order valence-corrected chi connectivity index (χ2v) is 9.26. The van der Waals surface area contributed by atoms with E-state index in [4.69, 9.17) is 14.1 Å². The lowest BCUT2D eigenvalue weighted by Gasteiger charge is -2.24. The van der Waals surface area contributed by atoms with Crippen molar-refractivity contribution in [2.45, 2.75) is 11.8 Å². The third-order valence-corrected chi connectivity index (χ3v) is 7.36. The van der Waals surface area contributed by atoms with Gasteiger partial charge in [-0.3, -0.25) is 0 Å². The number of nitrogens with zero attached hydrogens (tertiary/aromatic N) is 2. The van der Waals surface area contributed by atoms with Crippen LogP contribution in [0, 0.1) is 0 Å². The Hall–Kier alpha value is -3.28. The largest absolute Gasteiger partial charge is 0.622 e. The van der Waals surface area contributed by atoms with Crippen LogP contribution in [-0.2, 0) is 10.1 Å². The van der Waals surface area contributed by atoms with Crippen LogP contribution in [-0.4, -0.2) is 16.6 Å². The standard InChI is InChI=1S/C25H20N2O2S/c1-17-16-30(28,21-6-4-3-5-7-21)27-25-22(17)14-10-19-11-15-23(26-24(19)25)18-8-12-20(29-2)13-9-18/h3-16H,1-2H3. The SMILES string of the molecule is COc1ccc(-c2ccc3ccc4c(c3n2)N=[S+]([O-])(c2ccccc2)C=C4C)cc1. The molecule has 5 heteroatoms. The molecular formula is C25H20N2O2S. The molecule has 3 aromatic carbocycles. The number of pyridine rings is 1. The Bertz CT molecular complexity index is 1340. The van der Waals surface area contributed by atoms with Crippen molar-refractivity contribution < 1.29 is 9.29 Å². The first kappa shape index (κ1) is 18.7. The maximum atomic E-state index is 13.8. The van der Waals surface area contributed by atoms with Gasteiger partial charge in [0.05, 0.1) is 12.8 Å². The highest BCUT2D eigenvalue weighted by molar-refractivity contribution is 8.03. The van der Waals surface area contributed by atoms with Crippen LogP contribution in [0.1, 0.15) is 12.5 Å². The van der Waals surface area contributed by atoms with Crippen molar-refractivity contribution in [1.29, 1.82) is 0 Å². The van der Waals surface area contributed by atoms with E-state index in [2.05, 4.69) is 0 Å². The minimum atomic E-state index is -2.70. The Morgan fingerprint density at radius 2 is 1.60 bits per heavy atom. The first-order valence-electron chi connectivity index (χ1n) is 9.66. The molecule has 1 aliphatic rings. The highest BCUT2D eigenvalue weighted by Gasteiger charge is 2.25. The molecule has 0 N–H and O–H groups in total. The Kier molecular flexibility index (Phi) is 4.50. The third kappa shape index (κ3) is 3.12. The summed E-state index contributed by atoms with van der Waals surface area (Å²) < 4.78 is 23.8. The molecule has 0 bridgehead atoms. The molecule has 1 aromatic heterocycles. The fourth-order valence-corrected chi connectivity index (χ4v) is 5.61. The summed E-state index contributed by atoms with van der Waals surface area (Å²) >= 11 is 0. The lowest BCUT2D eigenvalue weighted by molar-refractivity contribution is 0.415. The van der Waals surface area contributed by atoms with Gasteiger partial charge in [-0.05, 0) is 59.5 Å². The zero-order valence-electron chi connectivity index (χ0n) is 16.7. The van der Waals surface area contributed by atoms with Gasteiger partial charge in [0, 0.05) is 22.1 Å². The zero-order chi connectivity index (χ0) is 20.7. The second-order valence-electron chi connectivity index (χ2n) is 7.23. The number of aromatic nitrogens is 1. The Morgan fingerprint density at radius 1 is 0.867 bits per heavy atom. The molecule has 0 fully saturated rings. The molecule has 30 heavy (non-hydrogen) atoms. The second kappa shape index (κ2) is 7.20. The van der Waals surface area contributed by atoms with Crippen LogP contribution < -0.4 is 4.74 Å². The molecule has 0 saturated heterocycles. The molecule has 1 unspecified atom stereocenters. The lowest BCUT2D eigenvalue weighted by atomic mass is 10.0. The van der Waals surface area contributed by atoms with Crippen molar-refractivity contribution in [3.63, 3.8) is 0 Å². The van der Waals surface area contributed by atoms with E-state index in [1.807, 2.05) is 85.8 Å². The van der Waals surface area contributed by atoms with Gasteiger partial charge in [0.1, 0.15) is 27.3 Å². The molecule has 148 valence electrons. The number of fused-ring (bicyclic) bond motifs is 3.